The van der Waals surface area contributed by atoms with Crippen LogP contribution in [0.2, 0.25) is 0 Å². The molecule has 0 saturated heterocycles. The second-order valence-corrected chi connectivity index (χ2v) is 5.60. The molecule has 0 aliphatic heterocycles. The topological polar surface area (TPSA) is 68.0 Å². The third-order valence-electron chi connectivity index (χ3n) is 4.15. The number of pyridine rings is 1. The van der Waals surface area contributed by atoms with Crippen molar-refractivity contribution in [3.63, 3.8) is 0 Å². The Morgan fingerprint density at radius 1 is 1.30 bits per heavy atom. The van der Waals surface area contributed by atoms with Crippen molar-refractivity contribution in [2.24, 2.45) is 11.1 Å². The largest absolute Gasteiger partial charge is 0.351 e. The van der Waals surface area contributed by atoms with Crippen LogP contribution in [0.5, 0.6) is 0 Å². The summed E-state index contributed by atoms with van der Waals surface area (Å²) in [5.74, 6) is -0.0214. The van der Waals surface area contributed by atoms with E-state index in [0.29, 0.717) is 12.1 Å². The van der Waals surface area contributed by atoms with Crippen molar-refractivity contribution < 1.29 is 4.79 Å². The zero-order valence-corrected chi connectivity index (χ0v) is 11.4. The standard InChI is InChI=1S/C16H19N3O/c17-9-8-16(6-7-16)11-19-15(20)13-5-10-18-14-4-2-1-3-12(13)14/h1-5,10H,6-9,11,17H2,(H,19,20). The van der Waals surface area contributed by atoms with Gasteiger partial charge in [0, 0.05) is 18.1 Å². The second-order valence-electron chi connectivity index (χ2n) is 5.60. The predicted molar refractivity (Wildman–Crippen MR) is 79.4 cm³/mol. The minimum absolute atomic E-state index is 0.0214. The summed E-state index contributed by atoms with van der Waals surface area (Å²) in [4.78, 5) is 16.6. The lowest BCUT2D eigenvalue weighted by Crippen LogP contribution is -2.31. The first-order valence-corrected chi connectivity index (χ1v) is 7.06. The fourth-order valence-electron chi connectivity index (χ4n) is 2.65. The van der Waals surface area contributed by atoms with Gasteiger partial charge in [0.1, 0.15) is 0 Å². The van der Waals surface area contributed by atoms with E-state index in [1.165, 1.54) is 12.8 Å². The number of para-hydroxylation sites is 1. The first kappa shape index (κ1) is 13.1. The van der Waals surface area contributed by atoms with Crippen LogP contribution in [0.15, 0.2) is 36.5 Å². The van der Waals surface area contributed by atoms with Gasteiger partial charge in [0.25, 0.3) is 5.91 Å². The summed E-state index contributed by atoms with van der Waals surface area (Å²) in [6.07, 6.45) is 5.01. The van der Waals surface area contributed by atoms with E-state index >= 15 is 0 Å². The van der Waals surface area contributed by atoms with Crippen molar-refractivity contribution in [3.05, 3.63) is 42.1 Å². The smallest absolute Gasteiger partial charge is 0.252 e. The summed E-state index contributed by atoms with van der Waals surface area (Å²) < 4.78 is 0. The number of nitrogens with one attached hydrogen (secondary N) is 1. The molecule has 1 aromatic heterocycles. The molecule has 1 aliphatic carbocycles. The molecule has 1 saturated carbocycles. The number of nitrogens with two attached hydrogens (primary N) is 1. The Kier molecular flexibility index (Phi) is 3.40. The van der Waals surface area contributed by atoms with Gasteiger partial charge in [-0.05, 0) is 43.4 Å². The van der Waals surface area contributed by atoms with Crippen LogP contribution < -0.4 is 11.1 Å². The van der Waals surface area contributed by atoms with Crippen LogP contribution in [0.4, 0.5) is 0 Å². The molecule has 3 N–H and O–H groups in total. The van der Waals surface area contributed by atoms with Crippen LogP contribution in [-0.2, 0) is 0 Å². The van der Waals surface area contributed by atoms with Gasteiger partial charge in [-0.15, -0.1) is 0 Å². The minimum atomic E-state index is -0.0214. The third-order valence-corrected chi connectivity index (χ3v) is 4.15. The lowest BCUT2D eigenvalue weighted by molar-refractivity contribution is 0.0945. The number of hydrogen-bond acceptors (Lipinski definition) is 3. The van der Waals surface area contributed by atoms with Crippen molar-refractivity contribution in [1.29, 1.82) is 0 Å². The van der Waals surface area contributed by atoms with Crippen molar-refractivity contribution in [1.82, 2.24) is 10.3 Å². The van der Waals surface area contributed by atoms with Gasteiger partial charge in [-0.25, -0.2) is 0 Å². The van der Waals surface area contributed by atoms with Gasteiger partial charge in [0.15, 0.2) is 0 Å². The SMILES string of the molecule is NCCC1(CNC(=O)c2ccnc3ccccc23)CC1. The van der Waals surface area contributed by atoms with Crippen LogP contribution in [0.3, 0.4) is 0 Å². The Bertz CT molecular complexity index is 629. The first-order valence-electron chi connectivity index (χ1n) is 7.06. The maximum atomic E-state index is 12.4. The molecule has 0 bridgehead atoms. The molecule has 2 aromatic rings. The lowest BCUT2D eigenvalue weighted by Gasteiger charge is -2.15. The fraction of sp³-hybridized carbons (Fsp3) is 0.375. The summed E-state index contributed by atoms with van der Waals surface area (Å²) in [5, 5.41) is 3.96. The predicted octanol–water partition coefficient (Wildman–Crippen LogP) is 2.09. The molecule has 1 fully saturated rings. The number of hydrogen-bond donors (Lipinski definition) is 2. The van der Waals surface area contributed by atoms with E-state index in [1.807, 2.05) is 24.3 Å². The molecule has 1 aromatic carbocycles. The summed E-state index contributed by atoms with van der Waals surface area (Å²) in [5.41, 5.74) is 7.43. The zero-order valence-electron chi connectivity index (χ0n) is 11.4. The molecule has 20 heavy (non-hydrogen) atoms. The summed E-state index contributed by atoms with van der Waals surface area (Å²) in [6, 6.07) is 9.49. The van der Waals surface area contributed by atoms with Crippen molar-refractivity contribution >= 4 is 16.8 Å². The number of carbonyl (C=O) groups is 1. The second kappa shape index (κ2) is 5.21. The number of benzene rings is 1. The van der Waals surface area contributed by atoms with Crippen molar-refractivity contribution in [2.45, 2.75) is 19.3 Å². The van der Waals surface area contributed by atoms with Gasteiger partial charge >= 0.3 is 0 Å². The van der Waals surface area contributed by atoms with Gasteiger partial charge in [-0.3, -0.25) is 9.78 Å². The van der Waals surface area contributed by atoms with Crippen LogP contribution in [-0.4, -0.2) is 24.0 Å². The maximum Gasteiger partial charge on any atom is 0.252 e. The van der Waals surface area contributed by atoms with Crippen LogP contribution in [0.1, 0.15) is 29.6 Å². The highest BCUT2D eigenvalue weighted by molar-refractivity contribution is 6.05. The molecule has 0 unspecified atom stereocenters. The number of nitrogens with zero attached hydrogens (tertiary/aromatic N) is 1. The van der Waals surface area contributed by atoms with Gasteiger partial charge in [0.05, 0.1) is 11.1 Å². The summed E-state index contributed by atoms with van der Waals surface area (Å²) >= 11 is 0. The van der Waals surface area contributed by atoms with E-state index in [1.54, 1.807) is 12.3 Å². The summed E-state index contributed by atoms with van der Waals surface area (Å²) in [7, 11) is 0. The number of aromatic nitrogens is 1. The van der Waals surface area contributed by atoms with Gasteiger partial charge in [0.2, 0.25) is 0 Å². The molecule has 4 heteroatoms. The van der Waals surface area contributed by atoms with E-state index in [-0.39, 0.29) is 11.3 Å². The molecule has 1 amide bonds. The fourth-order valence-corrected chi connectivity index (χ4v) is 2.65. The molecular formula is C16H19N3O. The molecule has 4 nitrogen and oxygen atoms in total. The highest BCUT2D eigenvalue weighted by atomic mass is 16.1. The van der Waals surface area contributed by atoms with Gasteiger partial charge in [-0.2, -0.15) is 0 Å². The number of rotatable bonds is 5. The highest BCUT2D eigenvalue weighted by Crippen LogP contribution is 2.47. The monoisotopic (exact) mass is 269 g/mol. The minimum Gasteiger partial charge on any atom is -0.351 e. The molecule has 1 aliphatic rings. The van der Waals surface area contributed by atoms with E-state index in [9.17, 15) is 4.79 Å². The van der Waals surface area contributed by atoms with Crippen molar-refractivity contribution in [2.75, 3.05) is 13.1 Å². The zero-order chi connectivity index (χ0) is 14.0. The number of carbonyl (C=O) groups excluding carboxylic acids is 1. The molecule has 0 atom stereocenters. The quantitative estimate of drug-likeness (QED) is 0.873. The van der Waals surface area contributed by atoms with E-state index < -0.39 is 0 Å². The normalized spacial score (nSPS) is 16.1. The van der Waals surface area contributed by atoms with Crippen LogP contribution >= 0.6 is 0 Å². The Morgan fingerprint density at radius 3 is 2.85 bits per heavy atom. The van der Waals surface area contributed by atoms with Crippen LogP contribution in [0.25, 0.3) is 10.9 Å². The number of fused-ring (bicyclic) bond motifs is 1. The van der Waals surface area contributed by atoms with E-state index in [4.69, 9.17) is 5.73 Å². The average Bonchev–Trinajstić information content (AvgIpc) is 3.25. The Hall–Kier alpha value is -1.94. The molecule has 0 spiro atoms. The third kappa shape index (κ3) is 2.51. The Balaban J connectivity index is 1.76. The highest BCUT2D eigenvalue weighted by Gasteiger charge is 2.41. The van der Waals surface area contributed by atoms with E-state index in [0.717, 1.165) is 23.9 Å². The molecule has 3 rings (SSSR count). The van der Waals surface area contributed by atoms with Crippen LogP contribution in [0, 0.1) is 5.41 Å². The Labute approximate surface area is 118 Å². The average molecular weight is 269 g/mol. The lowest BCUT2D eigenvalue weighted by atomic mass is 10.0. The molecular weight excluding hydrogens is 250 g/mol. The molecule has 0 radical (unpaired) electrons. The molecule has 104 valence electrons. The molecule has 1 heterocycles. The van der Waals surface area contributed by atoms with Gasteiger partial charge in [-0.1, -0.05) is 18.2 Å². The first-order chi connectivity index (χ1) is 9.74. The Morgan fingerprint density at radius 2 is 2.10 bits per heavy atom. The maximum absolute atomic E-state index is 12.4. The number of amides is 1. The van der Waals surface area contributed by atoms with Gasteiger partial charge < -0.3 is 11.1 Å². The van der Waals surface area contributed by atoms with Crippen molar-refractivity contribution in [3.8, 4) is 0 Å². The summed E-state index contributed by atoms with van der Waals surface area (Å²) in [6.45, 7) is 1.41. The van der Waals surface area contributed by atoms with E-state index in [2.05, 4.69) is 10.3 Å².